The number of nitrogens with zero attached hydrogens (tertiary/aromatic N) is 8. The van der Waals surface area contributed by atoms with Gasteiger partial charge >= 0.3 is 0 Å². The number of aromatic nitrogens is 6. The van der Waals surface area contributed by atoms with Gasteiger partial charge in [-0.1, -0.05) is 35.5 Å². The Morgan fingerprint density at radius 3 is 2.64 bits per heavy atom. The van der Waals surface area contributed by atoms with Gasteiger partial charge in [-0.2, -0.15) is 10.1 Å². The average Bonchev–Trinajstić information content (AvgIpc) is 3.72. The Balaban J connectivity index is 1.19. The summed E-state index contributed by atoms with van der Waals surface area (Å²) < 4.78 is 7.24. The van der Waals surface area contributed by atoms with Crippen molar-refractivity contribution in [2.24, 2.45) is 0 Å². The molecule has 13 nitrogen and oxygen atoms in total. The minimum atomic E-state index is -0.531. The van der Waals surface area contributed by atoms with E-state index in [1.807, 2.05) is 59.0 Å². The van der Waals surface area contributed by atoms with Crippen LogP contribution in [0, 0.1) is 6.92 Å². The van der Waals surface area contributed by atoms with Crippen LogP contribution in [0.25, 0.3) is 11.4 Å². The zero-order valence-electron chi connectivity index (χ0n) is 26.8. The van der Waals surface area contributed by atoms with Gasteiger partial charge in [-0.3, -0.25) is 19.4 Å². The molecule has 0 aliphatic carbocycles. The van der Waals surface area contributed by atoms with Crippen LogP contribution in [-0.4, -0.2) is 83.1 Å². The average molecular weight is 640 g/mol. The van der Waals surface area contributed by atoms with Gasteiger partial charge < -0.3 is 19.6 Å². The van der Waals surface area contributed by atoms with E-state index in [1.54, 1.807) is 17.3 Å². The third-order valence-corrected chi connectivity index (χ3v) is 8.78. The van der Waals surface area contributed by atoms with E-state index in [2.05, 4.69) is 25.5 Å². The van der Waals surface area contributed by atoms with Crippen molar-refractivity contribution in [2.45, 2.75) is 83.3 Å². The second-order valence-corrected chi connectivity index (χ2v) is 12.2. The molecule has 0 radical (unpaired) electrons. The van der Waals surface area contributed by atoms with Gasteiger partial charge in [0.05, 0.1) is 12.6 Å². The van der Waals surface area contributed by atoms with Crippen LogP contribution in [-0.2, 0) is 33.8 Å². The first kappa shape index (κ1) is 32.0. The summed E-state index contributed by atoms with van der Waals surface area (Å²) in [6.07, 6.45) is 8.33. The van der Waals surface area contributed by atoms with Crippen LogP contribution < -0.4 is 5.32 Å². The number of carbonyl (C=O) groups is 3. The topological polar surface area (TPSA) is 152 Å². The fourth-order valence-electron chi connectivity index (χ4n) is 6.39. The lowest BCUT2D eigenvalue weighted by molar-refractivity contribution is -0.143. The minimum absolute atomic E-state index is 0.0122. The molecule has 0 bridgehead atoms. The van der Waals surface area contributed by atoms with E-state index >= 15 is 0 Å². The fourth-order valence-corrected chi connectivity index (χ4v) is 6.39. The van der Waals surface area contributed by atoms with E-state index in [0.29, 0.717) is 88.1 Å². The summed E-state index contributed by atoms with van der Waals surface area (Å²) in [5, 5.41) is 12.0. The fraction of sp³-hybridized carbons (Fsp3) is 0.471. The standard InChI is InChI=1S/C34H41N9O4/c1-24-36-33-27(23-25-9-3-2-4-10-25)37-34(46)28-11-5-6-20-42(28)31(45)14-8-19-41(21-22-43(33)39-24)30(44)13-7-12-29-38-32(40-47-29)26-15-17-35-18-16-26/h2-4,9-10,15-18,27-28H,5-8,11-14,19-23H2,1H3,(H,37,46)/t27-,28+/m1/s1. The number of benzene rings is 1. The Labute approximate surface area is 273 Å². The third kappa shape index (κ3) is 8.08. The summed E-state index contributed by atoms with van der Waals surface area (Å²) in [6.45, 7) is 3.62. The number of hydrogen-bond acceptors (Lipinski definition) is 9. The van der Waals surface area contributed by atoms with Crippen LogP contribution in [0.5, 0.6) is 0 Å². The molecule has 6 rings (SSSR count). The highest BCUT2D eigenvalue weighted by molar-refractivity contribution is 5.88. The quantitative estimate of drug-likeness (QED) is 0.320. The number of fused-ring (bicyclic) bond motifs is 2. The minimum Gasteiger partial charge on any atom is -0.344 e. The lowest BCUT2D eigenvalue weighted by Crippen LogP contribution is -2.53. The van der Waals surface area contributed by atoms with Crippen LogP contribution >= 0.6 is 0 Å². The second kappa shape index (κ2) is 15.1. The molecule has 246 valence electrons. The monoisotopic (exact) mass is 639 g/mol. The number of piperidine rings is 1. The molecule has 2 atom stereocenters. The number of hydrogen-bond donors (Lipinski definition) is 1. The Kier molecular flexibility index (Phi) is 10.3. The van der Waals surface area contributed by atoms with Crippen molar-refractivity contribution in [3.63, 3.8) is 0 Å². The predicted molar refractivity (Wildman–Crippen MR) is 171 cm³/mol. The van der Waals surface area contributed by atoms with Crippen LogP contribution in [0.4, 0.5) is 0 Å². The van der Waals surface area contributed by atoms with Gasteiger partial charge in [0.1, 0.15) is 17.7 Å². The van der Waals surface area contributed by atoms with Crippen molar-refractivity contribution in [1.82, 2.24) is 45.0 Å². The van der Waals surface area contributed by atoms with Crippen LogP contribution in [0.1, 0.15) is 74.1 Å². The van der Waals surface area contributed by atoms with Crippen LogP contribution in [0.2, 0.25) is 0 Å². The predicted octanol–water partition coefficient (Wildman–Crippen LogP) is 3.46. The second-order valence-electron chi connectivity index (χ2n) is 12.2. The van der Waals surface area contributed by atoms with E-state index in [-0.39, 0.29) is 24.1 Å². The summed E-state index contributed by atoms with van der Waals surface area (Å²) in [5.41, 5.74) is 1.87. The Morgan fingerprint density at radius 1 is 0.979 bits per heavy atom. The molecule has 0 saturated carbocycles. The highest BCUT2D eigenvalue weighted by atomic mass is 16.5. The molecule has 3 amide bonds. The maximum absolute atomic E-state index is 13.8. The smallest absolute Gasteiger partial charge is 0.243 e. The highest BCUT2D eigenvalue weighted by Crippen LogP contribution is 2.23. The van der Waals surface area contributed by atoms with E-state index in [4.69, 9.17) is 9.51 Å². The normalized spacial score (nSPS) is 19.4. The van der Waals surface area contributed by atoms with E-state index in [0.717, 1.165) is 24.0 Å². The lowest BCUT2D eigenvalue weighted by atomic mass is 9.99. The molecule has 1 fully saturated rings. The maximum atomic E-state index is 13.8. The Hall–Kier alpha value is -4.94. The largest absolute Gasteiger partial charge is 0.344 e. The van der Waals surface area contributed by atoms with Crippen molar-refractivity contribution in [1.29, 1.82) is 0 Å². The van der Waals surface area contributed by atoms with Gasteiger partial charge in [-0.15, -0.1) is 0 Å². The van der Waals surface area contributed by atoms with Crippen LogP contribution in [0.3, 0.4) is 0 Å². The molecule has 13 heteroatoms. The van der Waals surface area contributed by atoms with E-state index in [9.17, 15) is 14.4 Å². The zero-order valence-corrected chi connectivity index (χ0v) is 26.8. The zero-order chi connectivity index (χ0) is 32.6. The molecule has 4 aromatic rings. The maximum Gasteiger partial charge on any atom is 0.243 e. The summed E-state index contributed by atoms with van der Waals surface area (Å²) in [4.78, 5) is 57.6. The van der Waals surface area contributed by atoms with E-state index in [1.165, 1.54) is 0 Å². The molecular formula is C34H41N9O4. The SMILES string of the molecule is Cc1nc2n(n1)CCN(C(=O)CCCc1nc(-c3ccncc3)no1)CCCC(=O)N1CCCC[C@H]1C(=O)N[C@@H]2Cc1ccccc1. The van der Waals surface area contributed by atoms with Crippen molar-refractivity contribution in [3.8, 4) is 11.4 Å². The van der Waals surface area contributed by atoms with Crippen LogP contribution in [0.15, 0.2) is 59.4 Å². The number of aryl methyl sites for hydroxylation is 2. The number of nitrogens with one attached hydrogen (secondary N) is 1. The number of pyridine rings is 1. The Morgan fingerprint density at radius 2 is 1.81 bits per heavy atom. The third-order valence-electron chi connectivity index (χ3n) is 8.78. The number of amides is 3. The van der Waals surface area contributed by atoms with Gasteiger partial charge in [0.15, 0.2) is 0 Å². The van der Waals surface area contributed by atoms with Gasteiger partial charge in [0.25, 0.3) is 0 Å². The summed E-state index contributed by atoms with van der Waals surface area (Å²) in [7, 11) is 0. The molecule has 47 heavy (non-hydrogen) atoms. The molecule has 1 N–H and O–H groups in total. The van der Waals surface area contributed by atoms with Crippen molar-refractivity contribution in [2.75, 3.05) is 19.6 Å². The highest BCUT2D eigenvalue weighted by Gasteiger charge is 2.34. The lowest BCUT2D eigenvalue weighted by Gasteiger charge is -2.36. The first-order valence-electron chi connectivity index (χ1n) is 16.5. The van der Waals surface area contributed by atoms with Gasteiger partial charge in [-0.25, -0.2) is 9.67 Å². The molecule has 0 unspecified atom stereocenters. The molecule has 2 aliphatic rings. The summed E-state index contributed by atoms with van der Waals surface area (Å²) >= 11 is 0. The molecule has 3 aromatic heterocycles. The number of carbonyl (C=O) groups excluding carboxylic acids is 3. The van der Waals surface area contributed by atoms with E-state index < -0.39 is 12.1 Å². The van der Waals surface area contributed by atoms with Crippen molar-refractivity contribution >= 4 is 17.7 Å². The molecular weight excluding hydrogens is 598 g/mol. The molecule has 2 aliphatic heterocycles. The number of rotatable bonds is 7. The van der Waals surface area contributed by atoms with Gasteiger partial charge in [-0.05, 0) is 63.1 Å². The van der Waals surface area contributed by atoms with Crippen molar-refractivity contribution < 1.29 is 18.9 Å². The van der Waals surface area contributed by atoms with Crippen molar-refractivity contribution in [3.05, 3.63) is 78.0 Å². The molecule has 1 saturated heterocycles. The van der Waals surface area contributed by atoms with Gasteiger partial charge in [0, 0.05) is 56.9 Å². The molecule has 0 spiro atoms. The molecule has 5 heterocycles. The summed E-state index contributed by atoms with van der Waals surface area (Å²) in [6, 6.07) is 12.6. The van der Waals surface area contributed by atoms with Gasteiger partial charge in [0.2, 0.25) is 29.4 Å². The summed E-state index contributed by atoms with van der Waals surface area (Å²) in [5.74, 6) is 1.98. The Bertz CT molecular complexity index is 1660. The molecule has 1 aromatic carbocycles. The first-order chi connectivity index (χ1) is 22.9. The first-order valence-corrected chi connectivity index (χ1v) is 16.5.